The summed E-state index contributed by atoms with van der Waals surface area (Å²) in [6.07, 6.45) is 5.65. The number of rotatable bonds is 10. The standard InChI is InChI=1S/C16H40OSi3/c1-16(12-10-14-18(2,3)4)13-11-15-20(8,9)17-19(5,6)7/h16H,10-15H2,1-9H3. The molecule has 0 rings (SSSR count). The minimum Gasteiger partial charge on any atom is -0.456 e. The van der Waals surface area contributed by atoms with Crippen LogP contribution >= 0.6 is 0 Å². The Morgan fingerprint density at radius 3 is 1.60 bits per heavy atom. The smallest absolute Gasteiger partial charge is 0.173 e. The molecular formula is C16H40OSi3. The summed E-state index contributed by atoms with van der Waals surface area (Å²) in [6, 6.07) is 2.84. The normalized spacial score (nSPS) is 15.4. The molecule has 0 amide bonds. The molecule has 20 heavy (non-hydrogen) atoms. The van der Waals surface area contributed by atoms with Crippen molar-refractivity contribution in [2.45, 2.75) is 97.1 Å². The van der Waals surface area contributed by atoms with Gasteiger partial charge in [-0.05, 0) is 44.7 Å². The Morgan fingerprint density at radius 1 is 0.750 bits per heavy atom. The van der Waals surface area contributed by atoms with Crippen LogP contribution in [0.4, 0.5) is 0 Å². The highest BCUT2D eigenvalue weighted by molar-refractivity contribution is 6.84. The van der Waals surface area contributed by atoms with Gasteiger partial charge in [-0.25, -0.2) is 0 Å². The maximum Gasteiger partial charge on any atom is 0.173 e. The third-order valence-electron chi connectivity index (χ3n) is 3.68. The van der Waals surface area contributed by atoms with Crippen LogP contribution in [-0.4, -0.2) is 24.7 Å². The molecule has 0 aromatic heterocycles. The molecule has 0 aliphatic carbocycles. The van der Waals surface area contributed by atoms with Crippen LogP contribution in [0, 0.1) is 5.92 Å². The Hall–Kier alpha value is 0.611. The second-order valence-electron chi connectivity index (χ2n) is 9.42. The zero-order valence-electron chi connectivity index (χ0n) is 15.7. The highest BCUT2D eigenvalue weighted by Crippen LogP contribution is 2.24. The van der Waals surface area contributed by atoms with Gasteiger partial charge in [-0.15, -0.1) is 0 Å². The number of hydrogen-bond acceptors (Lipinski definition) is 1. The lowest BCUT2D eigenvalue weighted by Gasteiger charge is -2.31. The zero-order chi connectivity index (χ0) is 16.0. The molecule has 0 heterocycles. The first kappa shape index (κ1) is 20.6. The molecule has 0 aromatic rings. The van der Waals surface area contributed by atoms with Gasteiger partial charge in [0.2, 0.25) is 0 Å². The van der Waals surface area contributed by atoms with E-state index in [1.807, 2.05) is 0 Å². The number of hydrogen-bond donors (Lipinski definition) is 0. The average molecular weight is 333 g/mol. The Kier molecular flexibility index (Phi) is 8.55. The van der Waals surface area contributed by atoms with Gasteiger partial charge in [0.05, 0.1) is 0 Å². The first-order chi connectivity index (χ1) is 8.81. The van der Waals surface area contributed by atoms with E-state index in [-0.39, 0.29) is 0 Å². The molecule has 0 aliphatic heterocycles. The minimum atomic E-state index is -1.40. The second kappa shape index (κ2) is 8.30. The molecule has 0 N–H and O–H groups in total. The molecule has 4 heteroatoms. The highest BCUT2D eigenvalue weighted by atomic mass is 28.4. The Morgan fingerprint density at radius 2 is 1.20 bits per heavy atom. The minimum absolute atomic E-state index is 0.821. The van der Waals surface area contributed by atoms with Gasteiger partial charge < -0.3 is 4.12 Å². The lowest BCUT2D eigenvalue weighted by atomic mass is 10.0. The fraction of sp³-hybridized carbons (Fsp3) is 1.00. The first-order valence-electron chi connectivity index (χ1n) is 8.51. The van der Waals surface area contributed by atoms with Crippen molar-refractivity contribution in [1.29, 1.82) is 0 Å². The van der Waals surface area contributed by atoms with Crippen molar-refractivity contribution >= 4 is 24.7 Å². The Labute approximate surface area is 132 Å². The topological polar surface area (TPSA) is 9.23 Å². The van der Waals surface area contributed by atoms with Gasteiger partial charge in [0.15, 0.2) is 16.6 Å². The van der Waals surface area contributed by atoms with Gasteiger partial charge in [0, 0.05) is 8.07 Å². The van der Waals surface area contributed by atoms with Crippen molar-refractivity contribution in [3.8, 4) is 0 Å². The van der Waals surface area contributed by atoms with Crippen LogP contribution in [0.15, 0.2) is 0 Å². The predicted octanol–water partition coefficient (Wildman–Crippen LogP) is 6.58. The monoisotopic (exact) mass is 332 g/mol. The fourth-order valence-corrected chi connectivity index (χ4v) is 12.2. The van der Waals surface area contributed by atoms with Crippen molar-refractivity contribution in [2.75, 3.05) is 0 Å². The van der Waals surface area contributed by atoms with Crippen molar-refractivity contribution in [3.05, 3.63) is 0 Å². The molecule has 0 saturated carbocycles. The molecular weight excluding hydrogens is 292 g/mol. The largest absolute Gasteiger partial charge is 0.456 e. The third kappa shape index (κ3) is 13.6. The lowest BCUT2D eigenvalue weighted by molar-refractivity contribution is 0.468. The van der Waals surface area contributed by atoms with E-state index < -0.39 is 24.7 Å². The van der Waals surface area contributed by atoms with E-state index in [0.717, 1.165) is 5.92 Å². The summed E-state index contributed by atoms with van der Waals surface area (Å²) in [4.78, 5) is 0. The SMILES string of the molecule is CC(CCC[Si](C)(C)C)CCC[Si](C)(C)O[Si](C)(C)C. The van der Waals surface area contributed by atoms with Crippen LogP contribution in [0.25, 0.3) is 0 Å². The first-order valence-corrected chi connectivity index (χ1v) is 18.7. The van der Waals surface area contributed by atoms with E-state index in [1.165, 1.54) is 37.8 Å². The van der Waals surface area contributed by atoms with E-state index in [0.29, 0.717) is 0 Å². The molecule has 0 fully saturated rings. The van der Waals surface area contributed by atoms with Crippen molar-refractivity contribution < 1.29 is 4.12 Å². The Balaban J connectivity index is 3.83. The van der Waals surface area contributed by atoms with Gasteiger partial charge in [-0.1, -0.05) is 58.3 Å². The van der Waals surface area contributed by atoms with Crippen molar-refractivity contribution in [2.24, 2.45) is 5.92 Å². The molecule has 1 nitrogen and oxygen atoms in total. The molecule has 0 radical (unpaired) electrons. The average Bonchev–Trinajstić information content (AvgIpc) is 2.10. The van der Waals surface area contributed by atoms with Gasteiger partial charge in [-0.3, -0.25) is 0 Å². The summed E-state index contributed by atoms with van der Waals surface area (Å²) >= 11 is 0. The summed E-state index contributed by atoms with van der Waals surface area (Å²) in [6.45, 7) is 21.7. The molecule has 1 atom stereocenters. The van der Waals surface area contributed by atoms with E-state index >= 15 is 0 Å². The van der Waals surface area contributed by atoms with Gasteiger partial charge in [0.25, 0.3) is 0 Å². The zero-order valence-corrected chi connectivity index (χ0v) is 18.7. The maximum atomic E-state index is 6.42. The highest BCUT2D eigenvalue weighted by Gasteiger charge is 2.29. The van der Waals surface area contributed by atoms with E-state index in [1.54, 1.807) is 0 Å². The summed E-state index contributed by atoms with van der Waals surface area (Å²) in [5.41, 5.74) is 0. The predicted molar refractivity (Wildman–Crippen MR) is 103 cm³/mol. The van der Waals surface area contributed by atoms with Gasteiger partial charge >= 0.3 is 0 Å². The van der Waals surface area contributed by atoms with Crippen molar-refractivity contribution in [1.82, 2.24) is 0 Å². The summed E-state index contributed by atoms with van der Waals surface area (Å²) in [5.74, 6) is 0.906. The second-order valence-corrected chi connectivity index (χ2v) is 24.1. The van der Waals surface area contributed by atoms with Crippen LogP contribution in [-0.2, 0) is 4.12 Å². The molecule has 0 bridgehead atoms. The lowest BCUT2D eigenvalue weighted by Crippen LogP contribution is -2.42. The van der Waals surface area contributed by atoms with E-state index in [4.69, 9.17) is 4.12 Å². The summed E-state index contributed by atoms with van der Waals surface area (Å²) < 4.78 is 6.42. The molecule has 1 unspecified atom stereocenters. The molecule has 0 aromatic carbocycles. The van der Waals surface area contributed by atoms with E-state index in [9.17, 15) is 0 Å². The molecule has 0 spiro atoms. The van der Waals surface area contributed by atoms with Crippen LogP contribution in [0.5, 0.6) is 0 Å². The maximum absolute atomic E-state index is 6.42. The van der Waals surface area contributed by atoms with Crippen molar-refractivity contribution in [3.63, 3.8) is 0 Å². The molecule has 122 valence electrons. The summed E-state index contributed by atoms with van der Waals surface area (Å²) in [7, 11) is -3.56. The quantitative estimate of drug-likeness (QED) is 0.411. The fourth-order valence-electron chi connectivity index (χ4n) is 2.88. The van der Waals surface area contributed by atoms with Crippen LogP contribution in [0.2, 0.25) is 64.5 Å². The molecule has 0 saturated heterocycles. The van der Waals surface area contributed by atoms with Crippen LogP contribution in [0.3, 0.4) is 0 Å². The Bertz CT molecular complexity index is 264. The van der Waals surface area contributed by atoms with Crippen LogP contribution in [0.1, 0.15) is 32.6 Å². The van der Waals surface area contributed by atoms with E-state index in [2.05, 4.69) is 59.3 Å². The van der Waals surface area contributed by atoms with Crippen LogP contribution < -0.4 is 0 Å². The van der Waals surface area contributed by atoms with Gasteiger partial charge in [-0.2, -0.15) is 0 Å². The molecule has 0 aliphatic rings. The third-order valence-corrected chi connectivity index (χ3v) is 11.8. The summed E-state index contributed by atoms with van der Waals surface area (Å²) in [5, 5.41) is 0. The van der Waals surface area contributed by atoms with Gasteiger partial charge in [0.1, 0.15) is 0 Å².